The highest BCUT2D eigenvalue weighted by molar-refractivity contribution is 5.79. The summed E-state index contributed by atoms with van der Waals surface area (Å²) in [4.78, 5) is 12.5. The van der Waals surface area contributed by atoms with Gasteiger partial charge in [0.2, 0.25) is 5.91 Å². The van der Waals surface area contributed by atoms with Crippen molar-refractivity contribution in [2.24, 2.45) is 5.92 Å². The Kier molecular flexibility index (Phi) is 5.38. The maximum absolute atomic E-state index is 12.5. The third-order valence-electron chi connectivity index (χ3n) is 5.14. The number of carbonyl (C=O) groups is 1. The lowest BCUT2D eigenvalue weighted by Crippen LogP contribution is -2.48. The van der Waals surface area contributed by atoms with Gasteiger partial charge >= 0.3 is 0 Å². The minimum Gasteiger partial charge on any atom is -0.497 e. The second-order valence-electron chi connectivity index (χ2n) is 6.59. The molecule has 1 saturated heterocycles. The van der Waals surface area contributed by atoms with Crippen LogP contribution in [0.15, 0.2) is 24.3 Å². The van der Waals surface area contributed by atoms with Crippen molar-refractivity contribution in [3.8, 4) is 5.75 Å². The second kappa shape index (κ2) is 7.51. The summed E-state index contributed by atoms with van der Waals surface area (Å²) in [5.41, 5.74) is 0.976. The van der Waals surface area contributed by atoms with E-state index in [4.69, 9.17) is 9.47 Å². The van der Waals surface area contributed by atoms with Crippen LogP contribution in [0.2, 0.25) is 0 Å². The Hall–Kier alpha value is -1.63. The van der Waals surface area contributed by atoms with E-state index >= 15 is 0 Å². The molecule has 3 N–H and O–H groups in total. The number of aliphatic hydroxyl groups excluding tert-OH is 2. The van der Waals surface area contributed by atoms with Crippen molar-refractivity contribution in [1.82, 2.24) is 5.32 Å². The number of hydrogen-bond donors (Lipinski definition) is 3. The molecule has 1 saturated carbocycles. The van der Waals surface area contributed by atoms with Crippen molar-refractivity contribution in [2.75, 3.05) is 20.3 Å². The Morgan fingerprint density at radius 2 is 1.88 bits per heavy atom. The van der Waals surface area contributed by atoms with E-state index in [0.29, 0.717) is 32.5 Å². The Morgan fingerprint density at radius 3 is 2.50 bits per heavy atom. The quantitative estimate of drug-likeness (QED) is 0.758. The molecule has 1 amide bonds. The number of benzene rings is 1. The maximum atomic E-state index is 12.5. The Bertz CT molecular complexity index is 555. The molecule has 0 aromatic heterocycles. The minimum atomic E-state index is -0.958. The van der Waals surface area contributed by atoms with Crippen LogP contribution in [0.5, 0.6) is 5.75 Å². The van der Waals surface area contributed by atoms with E-state index in [-0.39, 0.29) is 17.7 Å². The van der Waals surface area contributed by atoms with Gasteiger partial charge in [-0.1, -0.05) is 12.1 Å². The molecular weight excluding hydrogens is 310 g/mol. The zero-order chi connectivity index (χ0) is 17.1. The molecule has 3 rings (SSSR count). The third kappa shape index (κ3) is 3.55. The van der Waals surface area contributed by atoms with Gasteiger partial charge < -0.3 is 25.0 Å². The smallest absolute Gasteiger partial charge is 0.223 e. The third-order valence-corrected chi connectivity index (χ3v) is 5.14. The van der Waals surface area contributed by atoms with E-state index in [9.17, 15) is 15.0 Å². The summed E-state index contributed by atoms with van der Waals surface area (Å²) in [6, 6.07) is 7.06. The molecule has 2 fully saturated rings. The second-order valence-corrected chi connectivity index (χ2v) is 6.59. The minimum absolute atomic E-state index is 0.0602. The van der Waals surface area contributed by atoms with Crippen molar-refractivity contribution in [2.45, 2.75) is 43.4 Å². The fourth-order valence-corrected chi connectivity index (χ4v) is 3.65. The highest BCUT2D eigenvalue weighted by Gasteiger charge is 2.43. The van der Waals surface area contributed by atoms with Gasteiger partial charge in [0.05, 0.1) is 19.3 Å². The van der Waals surface area contributed by atoms with Crippen molar-refractivity contribution in [3.05, 3.63) is 29.8 Å². The summed E-state index contributed by atoms with van der Waals surface area (Å²) < 4.78 is 10.5. The van der Waals surface area contributed by atoms with Crippen molar-refractivity contribution in [1.29, 1.82) is 0 Å². The summed E-state index contributed by atoms with van der Waals surface area (Å²) in [6.45, 7) is 1.19. The fraction of sp³-hybridized carbons (Fsp3) is 0.611. The predicted octanol–water partition coefficient (Wildman–Crippen LogP) is 0.816. The first-order valence-corrected chi connectivity index (χ1v) is 8.48. The number of methoxy groups -OCH3 is 1. The molecule has 4 atom stereocenters. The molecule has 6 heteroatoms. The number of nitrogens with one attached hydrogen (secondary N) is 1. The van der Waals surface area contributed by atoms with E-state index < -0.39 is 18.2 Å². The van der Waals surface area contributed by atoms with Crippen LogP contribution in [-0.4, -0.2) is 54.7 Å². The molecule has 1 aliphatic carbocycles. The first-order chi connectivity index (χ1) is 11.6. The summed E-state index contributed by atoms with van der Waals surface area (Å²) >= 11 is 0. The average Bonchev–Trinajstić information content (AvgIpc) is 2.91. The number of aliphatic hydroxyl groups is 2. The Balaban J connectivity index is 1.73. The van der Waals surface area contributed by atoms with Crippen molar-refractivity contribution >= 4 is 5.91 Å². The van der Waals surface area contributed by atoms with E-state index in [1.54, 1.807) is 7.11 Å². The van der Waals surface area contributed by atoms with E-state index in [1.807, 2.05) is 24.3 Å². The van der Waals surface area contributed by atoms with E-state index in [2.05, 4.69) is 5.32 Å². The van der Waals surface area contributed by atoms with Crippen molar-refractivity contribution in [3.63, 3.8) is 0 Å². The van der Waals surface area contributed by atoms with Gasteiger partial charge in [-0.25, -0.2) is 0 Å². The van der Waals surface area contributed by atoms with Crippen LogP contribution in [0, 0.1) is 5.92 Å². The van der Waals surface area contributed by atoms with Crippen LogP contribution in [0.1, 0.15) is 30.7 Å². The van der Waals surface area contributed by atoms with E-state index in [1.165, 1.54) is 0 Å². The lowest BCUT2D eigenvalue weighted by molar-refractivity contribution is -0.129. The maximum Gasteiger partial charge on any atom is 0.223 e. The monoisotopic (exact) mass is 335 g/mol. The van der Waals surface area contributed by atoms with Gasteiger partial charge in [0.1, 0.15) is 11.9 Å². The van der Waals surface area contributed by atoms with Gasteiger partial charge in [0, 0.05) is 25.0 Å². The van der Waals surface area contributed by atoms with Crippen LogP contribution >= 0.6 is 0 Å². The first-order valence-electron chi connectivity index (χ1n) is 8.48. The standard InChI is InChI=1S/C18H25NO5/c1-23-13-4-2-11(3-5-13)14-10-15(20)17(21)16(14)19-18(22)12-6-8-24-9-7-12/h2-5,12,14-17,20-21H,6-10H2,1H3,(H,19,22)/t14-,15-,16-,17-/m1/s1. The topological polar surface area (TPSA) is 88.0 Å². The van der Waals surface area contributed by atoms with E-state index in [0.717, 1.165) is 11.3 Å². The Morgan fingerprint density at radius 1 is 1.21 bits per heavy atom. The molecule has 132 valence electrons. The molecular formula is C18H25NO5. The van der Waals surface area contributed by atoms with Crippen LogP contribution in [0.3, 0.4) is 0 Å². The molecule has 0 radical (unpaired) electrons. The molecule has 24 heavy (non-hydrogen) atoms. The molecule has 1 aromatic rings. The number of rotatable bonds is 4. The molecule has 6 nitrogen and oxygen atoms in total. The summed E-state index contributed by atoms with van der Waals surface area (Å²) in [7, 11) is 1.61. The van der Waals surface area contributed by atoms with Gasteiger partial charge in [-0.05, 0) is 37.0 Å². The molecule has 0 unspecified atom stereocenters. The van der Waals surface area contributed by atoms with Gasteiger partial charge in [0.15, 0.2) is 0 Å². The Labute approximate surface area is 141 Å². The molecule has 0 spiro atoms. The van der Waals surface area contributed by atoms with Crippen LogP contribution < -0.4 is 10.1 Å². The lowest BCUT2D eigenvalue weighted by Gasteiger charge is -2.28. The largest absolute Gasteiger partial charge is 0.497 e. The van der Waals surface area contributed by atoms with Gasteiger partial charge in [-0.3, -0.25) is 4.79 Å². The van der Waals surface area contributed by atoms with Gasteiger partial charge in [-0.2, -0.15) is 0 Å². The van der Waals surface area contributed by atoms with Gasteiger partial charge in [-0.15, -0.1) is 0 Å². The first kappa shape index (κ1) is 17.2. The fourth-order valence-electron chi connectivity index (χ4n) is 3.65. The van der Waals surface area contributed by atoms with Gasteiger partial charge in [0.25, 0.3) is 0 Å². The highest BCUT2D eigenvalue weighted by Crippen LogP contribution is 2.36. The number of amides is 1. The normalized spacial score (nSPS) is 31.0. The molecule has 2 aliphatic rings. The van der Waals surface area contributed by atoms with Crippen molar-refractivity contribution < 1.29 is 24.5 Å². The summed E-state index contributed by atoms with van der Waals surface area (Å²) in [5, 5.41) is 23.4. The lowest BCUT2D eigenvalue weighted by atomic mass is 9.92. The predicted molar refractivity (Wildman–Crippen MR) is 87.8 cm³/mol. The average molecular weight is 335 g/mol. The molecule has 1 aromatic carbocycles. The zero-order valence-electron chi connectivity index (χ0n) is 13.9. The summed E-state index contributed by atoms with van der Waals surface area (Å²) in [6.07, 6.45) is 0.0269. The zero-order valence-corrected chi connectivity index (χ0v) is 13.9. The summed E-state index contributed by atoms with van der Waals surface area (Å²) in [5.74, 6) is 0.487. The molecule has 1 heterocycles. The number of ether oxygens (including phenoxy) is 2. The number of carbonyl (C=O) groups excluding carboxylic acids is 1. The van der Waals surface area contributed by atoms with Crippen LogP contribution in [-0.2, 0) is 9.53 Å². The van der Waals surface area contributed by atoms with Crippen LogP contribution in [0.25, 0.3) is 0 Å². The molecule has 0 bridgehead atoms. The van der Waals surface area contributed by atoms with Crippen LogP contribution in [0.4, 0.5) is 0 Å². The molecule has 1 aliphatic heterocycles. The SMILES string of the molecule is COc1ccc([C@H]2C[C@@H](O)[C@@H](O)[C@@H]2NC(=O)C2CCOCC2)cc1. The number of hydrogen-bond acceptors (Lipinski definition) is 5. The highest BCUT2D eigenvalue weighted by atomic mass is 16.5.